The summed E-state index contributed by atoms with van der Waals surface area (Å²) in [7, 11) is 0. The molecule has 0 aliphatic carbocycles. The first-order valence-corrected chi connectivity index (χ1v) is 5.41. The molecule has 0 unspecified atom stereocenters. The highest BCUT2D eigenvalue weighted by molar-refractivity contribution is 7.13. The first-order valence-electron chi connectivity index (χ1n) is 4.53. The number of thiazole rings is 1. The summed E-state index contributed by atoms with van der Waals surface area (Å²) in [4.78, 5) is 8.07. The van der Waals surface area contributed by atoms with Crippen LogP contribution in [0.25, 0.3) is 21.3 Å². The smallest absolute Gasteiger partial charge is 0.189 e. The van der Waals surface area contributed by atoms with Crippen LogP contribution < -0.4 is 0 Å². The average molecular weight is 216 g/mol. The first-order chi connectivity index (χ1) is 7.33. The van der Waals surface area contributed by atoms with Crippen LogP contribution in [0.15, 0.2) is 36.0 Å². The molecule has 3 aromatic rings. The number of fused-ring (bicyclic) bond motifs is 1. The minimum absolute atomic E-state index is 0.200. The predicted octanol–water partition coefficient (Wildman–Crippen LogP) is 3.00. The van der Waals surface area contributed by atoms with Gasteiger partial charge in [0.25, 0.3) is 0 Å². The van der Waals surface area contributed by atoms with Crippen LogP contribution >= 0.6 is 11.3 Å². The van der Waals surface area contributed by atoms with E-state index in [1.165, 1.54) is 0 Å². The van der Waals surface area contributed by atoms with Gasteiger partial charge in [0, 0.05) is 23.2 Å². The molecule has 0 atom stereocenters. The number of benzene rings is 1. The van der Waals surface area contributed by atoms with Gasteiger partial charge in [0.1, 0.15) is 0 Å². The van der Waals surface area contributed by atoms with Gasteiger partial charge in [0.05, 0.1) is 10.4 Å². The summed E-state index contributed by atoms with van der Waals surface area (Å²) in [5.41, 5.74) is 3.87. The van der Waals surface area contributed by atoms with Crippen LogP contribution in [0.2, 0.25) is 0 Å². The normalized spacial score (nSPS) is 10.9. The van der Waals surface area contributed by atoms with Crippen LogP contribution in [0.4, 0.5) is 0 Å². The fourth-order valence-corrected chi connectivity index (χ4v) is 2.24. The van der Waals surface area contributed by atoms with Crippen molar-refractivity contribution in [3.8, 4) is 16.3 Å². The zero-order valence-electron chi connectivity index (χ0n) is 7.77. The maximum atomic E-state index is 9.31. The van der Waals surface area contributed by atoms with E-state index in [-0.39, 0.29) is 5.88 Å². The SMILES string of the molecule is Oc1cc2ccc(-c3cncs3)cc2[nH]1. The highest BCUT2D eigenvalue weighted by Gasteiger charge is 2.03. The van der Waals surface area contributed by atoms with Crippen molar-refractivity contribution in [3.63, 3.8) is 0 Å². The van der Waals surface area contributed by atoms with E-state index in [4.69, 9.17) is 0 Å². The largest absolute Gasteiger partial charge is 0.495 e. The molecular weight excluding hydrogens is 208 g/mol. The lowest BCUT2D eigenvalue weighted by molar-refractivity contribution is 0.458. The van der Waals surface area contributed by atoms with Crippen LogP contribution in [0, 0.1) is 0 Å². The number of nitrogens with zero attached hydrogens (tertiary/aromatic N) is 1. The molecule has 15 heavy (non-hydrogen) atoms. The Hall–Kier alpha value is -1.81. The van der Waals surface area contributed by atoms with E-state index in [1.54, 1.807) is 17.4 Å². The molecule has 4 heteroatoms. The second-order valence-corrected chi connectivity index (χ2v) is 4.21. The number of hydrogen-bond acceptors (Lipinski definition) is 3. The third kappa shape index (κ3) is 1.39. The van der Waals surface area contributed by atoms with E-state index in [2.05, 4.69) is 9.97 Å². The van der Waals surface area contributed by atoms with Gasteiger partial charge in [0.15, 0.2) is 5.88 Å². The predicted molar refractivity (Wildman–Crippen MR) is 61.1 cm³/mol. The minimum atomic E-state index is 0.200. The fourth-order valence-electron chi connectivity index (χ4n) is 1.62. The Morgan fingerprint density at radius 1 is 1.27 bits per heavy atom. The molecular formula is C11H8N2OS. The van der Waals surface area contributed by atoms with E-state index in [9.17, 15) is 5.11 Å². The molecule has 0 spiro atoms. The van der Waals surface area contributed by atoms with E-state index in [0.717, 1.165) is 21.3 Å². The second-order valence-electron chi connectivity index (χ2n) is 3.32. The molecule has 0 saturated carbocycles. The molecule has 0 fully saturated rings. The summed E-state index contributed by atoms with van der Waals surface area (Å²) in [6.07, 6.45) is 1.84. The van der Waals surface area contributed by atoms with Crippen molar-refractivity contribution < 1.29 is 5.11 Å². The lowest BCUT2D eigenvalue weighted by Gasteiger charge is -1.96. The molecule has 2 aromatic heterocycles. The van der Waals surface area contributed by atoms with Gasteiger partial charge in [-0.05, 0) is 11.6 Å². The Labute approximate surface area is 90.0 Å². The van der Waals surface area contributed by atoms with Crippen molar-refractivity contribution in [1.82, 2.24) is 9.97 Å². The van der Waals surface area contributed by atoms with Crippen molar-refractivity contribution in [2.75, 3.05) is 0 Å². The van der Waals surface area contributed by atoms with Gasteiger partial charge < -0.3 is 10.1 Å². The van der Waals surface area contributed by atoms with Crippen molar-refractivity contribution in [3.05, 3.63) is 36.0 Å². The number of aromatic nitrogens is 2. The van der Waals surface area contributed by atoms with E-state index < -0.39 is 0 Å². The summed E-state index contributed by atoms with van der Waals surface area (Å²) in [6, 6.07) is 7.75. The van der Waals surface area contributed by atoms with Gasteiger partial charge >= 0.3 is 0 Å². The maximum Gasteiger partial charge on any atom is 0.189 e. The lowest BCUT2D eigenvalue weighted by Crippen LogP contribution is -1.73. The zero-order valence-corrected chi connectivity index (χ0v) is 8.58. The van der Waals surface area contributed by atoms with E-state index >= 15 is 0 Å². The molecule has 74 valence electrons. The van der Waals surface area contributed by atoms with Gasteiger partial charge in [-0.2, -0.15) is 0 Å². The van der Waals surface area contributed by atoms with Gasteiger partial charge in [-0.15, -0.1) is 11.3 Å². The molecule has 0 aliphatic rings. The molecule has 0 aliphatic heterocycles. The number of aromatic hydroxyl groups is 1. The number of rotatable bonds is 1. The summed E-state index contributed by atoms with van der Waals surface area (Å²) in [5, 5.41) is 10.3. The molecule has 0 amide bonds. The van der Waals surface area contributed by atoms with Gasteiger partial charge in [-0.25, -0.2) is 0 Å². The average Bonchev–Trinajstić information content (AvgIpc) is 2.82. The zero-order chi connectivity index (χ0) is 10.3. The second kappa shape index (κ2) is 3.10. The molecule has 2 N–H and O–H groups in total. The molecule has 1 aromatic carbocycles. The highest BCUT2D eigenvalue weighted by Crippen LogP contribution is 2.28. The summed E-state index contributed by atoms with van der Waals surface area (Å²) in [6.45, 7) is 0. The van der Waals surface area contributed by atoms with Crippen molar-refractivity contribution in [2.24, 2.45) is 0 Å². The van der Waals surface area contributed by atoms with Crippen LogP contribution in [-0.4, -0.2) is 15.1 Å². The van der Waals surface area contributed by atoms with E-state index in [1.807, 2.05) is 29.9 Å². The fraction of sp³-hybridized carbons (Fsp3) is 0. The molecule has 0 bridgehead atoms. The summed E-state index contributed by atoms with van der Waals surface area (Å²) >= 11 is 1.60. The van der Waals surface area contributed by atoms with Crippen molar-refractivity contribution >= 4 is 22.2 Å². The van der Waals surface area contributed by atoms with E-state index in [0.29, 0.717) is 0 Å². The Kier molecular flexibility index (Phi) is 1.76. The highest BCUT2D eigenvalue weighted by atomic mass is 32.1. The summed E-state index contributed by atoms with van der Waals surface area (Å²) < 4.78 is 0. The molecule has 0 saturated heterocycles. The Morgan fingerprint density at radius 3 is 3.00 bits per heavy atom. The third-order valence-corrected chi connectivity index (χ3v) is 3.15. The molecule has 0 radical (unpaired) electrons. The van der Waals surface area contributed by atoms with Crippen LogP contribution in [0.5, 0.6) is 5.88 Å². The summed E-state index contributed by atoms with van der Waals surface area (Å²) in [5.74, 6) is 0.200. The molecule has 3 nitrogen and oxygen atoms in total. The number of aromatic amines is 1. The first kappa shape index (κ1) is 8.49. The van der Waals surface area contributed by atoms with Crippen LogP contribution in [0.3, 0.4) is 0 Å². The van der Waals surface area contributed by atoms with Crippen LogP contribution in [0.1, 0.15) is 0 Å². The van der Waals surface area contributed by atoms with Crippen molar-refractivity contribution in [2.45, 2.75) is 0 Å². The van der Waals surface area contributed by atoms with Crippen LogP contribution in [-0.2, 0) is 0 Å². The van der Waals surface area contributed by atoms with Gasteiger partial charge in [0.2, 0.25) is 0 Å². The molecule has 3 rings (SSSR count). The number of H-pyrrole nitrogens is 1. The standard InChI is InChI=1S/C11H8N2OS/c14-11-4-7-1-2-8(3-9(7)13-11)10-5-12-6-15-10/h1-6,13-14H. The Bertz CT molecular complexity index is 598. The monoisotopic (exact) mass is 216 g/mol. The topological polar surface area (TPSA) is 48.9 Å². The lowest BCUT2D eigenvalue weighted by atomic mass is 10.1. The number of hydrogen-bond donors (Lipinski definition) is 2. The quantitative estimate of drug-likeness (QED) is 0.657. The van der Waals surface area contributed by atoms with Gasteiger partial charge in [-0.1, -0.05) is 12.1 Å². The minimum Gasteiger partial charge on any atom is -0.495 e. The third-order valence-electron chi connectivity index (χ3n) is 2.33. The van der Waals surface area contributed by atoms with Gasteiger partial charge in [-0.3, -0.25) is 4.98 Å². The van der Waals surface area contributed by atoms with Crippen molar-refractivity contribution in [1.29, 1.82) is 0 Å². The maximum absolute atomic E-state index is 9.31. The molecule has 2 heterocycles. The Morgan fingerprint density at radius 2 is 2.20 bits per heavy atom. The number of nitrogens with one attached hydrogen (secondary N) is 1. The Balaban J connectivity index is 2.21.